The normalized spacial score (nSPS) is 20.8. The molecule has 102 valence electrons. The van der Waals surface area contributed by atoms with Crippen LogP contribution in [0, 0.1) is 5.92 Å². The molecule has 1 fully saturated rings. The van der Waals surface area contributed by atoms with Crippen molar-refractivity contribution in [3.8, 4) is 0 Å². The maximum Gasteiger partial charge on any atom is 0.0863 e. The maximum atomic E-state index is 6.42. The monoisotopic (exact) mass is 289 g/mol. The molecule has 5 heteroatoms. The zero-order chi connectivity index (χ0) is 13.1. The molecule has 0 aromatic carbocycles. The fourth-order valence-corrected chi connectivity index (χ4v) is 3.14. The quantitative estimate of drug-likeness (QED) is 0.777. The lowest BCUT2D eigenvalue weighted by molar-refractivity contribution is 0.309. The predicted octanol–water partition coefficient (Wildman–Crippen LogP) is 3.18. The Morgan fingerprint density at radius 2 is 2.17 bits per heavy atom. The Morgan fingerprint density at radius 3 is 2.72 bits per heavy atom. The standard InChI is InChI=1S/C13H21Cl2N3/c1-3-11-13(15)12(18(4-2)16-11)9-17-6-5-10(7-14)8-17/h10H,3-9H2,1-2H3. The highest BCUT2D eigenvalue weighted by Crippen LogP contribution is 2.26. The Morgan fingerprint density at radius 1 is 1.39 bits per heavy atom. The van der Waals surface area contributed by atoms with Crippen LogP contribution in [-0.4, -0.2) is 33.6 Å². The highest BCUT2D eigenvalue weighted by Gasteiger charge is 2.24. The van der Waals surface area contributed by atoms with Gasteiger partial charge in [-0.15, -0.1) is 11.6 Å². The molecule has 0 aliphatic carbocycles. The number of likely N-dealkylation sites (tertiary alicyclic amines) is 1. The molecule has 1 aliphatic heterocycles. The second-order valence-electron chi connectivity index (χ2n) is 4.92. The van der Waals surface area contributed by atoms with E-state index in [1.165, 1.54) is 6.42 Å². The van der Waals surface area contributed by atoms with Gasteiger partial charge in [0.05, 0.1) is 16.4 Å². The molecule has 2 rings (SSSR count). The van der Waals surface area contributed by atoms with Gasteiger partial charge in [-0.05, 0) is 32.2 Å². The second kappa shape index (κ2) is 6.27. The van der Waals surface area contributed by atoms with E-state index in [1.807, 2.05) is 4.68 Å². The van der Waals surface area contributed by atoms with Gasteiger partial charge in [0.25, 0.3) is 0 Å². The average Bonchev–Trinajstić information content (AvgIpc) is 2.96. The third-order valence-electron chi connectivity index (χ3n) is 3.66. The van der Waals surface area contributed by atoms with Crippen molar-refractivity contribution in [2.75, 3.05) is 19.0 Å². The van der Waals surface area contributed by atoms with E-state index in [9.17, 15) is 0 Å². The predicted molar refractivity (Wildman–Crippen MR) is 76.4 cm³/mol. The molecular weight excluding hydrogens is 269 g/mol. The molecule has 1 saturated heterocycles. The van der Waals surface area contributed by atoms with Crippen molar-refractivity contribution >= 4 is 23.2 Å². The van der Waals surface area contributed by atoms with Crippen molar-refractivity contribution in [3.05, 3.63) is 16.4 Å². The van der Waals surface area contributed by atoms with Crippen LogP contribution in [0.3, 0.4) is 0 Å². The van der Waals surface area contributed by atoms with Crippen LogP contribution in [0.1, 0.15) is 31.7 Å². The zero-order valence-electron chi connectivity index (χ0n) is 11.1. The highest BCUT2D eigenvalue weighted by atomic mass is 35.5. The van der Waals surface area contributed by atoms with Crippen LogP contribution in [0.2, 0.25) is 5.02 Å². The number of nitrogens with zero attached hydrogens (tertiary/aromatic N) is 3. The van der Waals surface area contributed by atoms with Crippen LogP contribution in [-0.2, 0) is 19.5 Å². The molecule has 1 aromatic rings. The summed E-state index contributed by atoms with van der Waals surface area (Å²) in [5, 5.41) is 5.42. The first-order valence-corrected chi connectivity index (χ1v) is 7.63. The number of aromatic nitrogens is 2. The van der Waals surface area contributed by atoms with Gasteiger partial charge in [0.15, 0.2) is 0 Å². The summed E-state index contributed by atoms with van der Waals surface area (Å²) in [5.74, 6) is 1.39. The topological polar surface area (TPSA) is 21.1 Å². The fraction of sp³-hybridized carbons (Fsp3) is 0.769. The minimum Gasteiger partial charge on any atom is -0.297 e. The number of halogens is 2. The third-order valence-corrected chi connectivity index (χ3v) is 4.53. The van der Waals surface area contributed by atoms with Crippen molar-refractivity contribution < 1.29 is 0 Å². The Kier molecular flexibility index (Phi) is 4.93. The van der Waals surface area contributed by atoms with Gasteiger partial charge in [0.2, 0.25) is 0 Å². The summed E-state index contributed by atoms with van der Waals surface area (Å²) >= 11 is 12.3. The number of hydrogen-bond acceptors (Lipinski definition) is 2. The van der Waals surface area contributed by atoms with Gasteiger partial charge in [-0.25, -0.2) is 0 Å². The minimum atomic E-state index is 0.633. The Balaban J connectivity index is 2.11. The van der Waals surface area contributed by atoms with E-state index in [1.54, 1.807) is 0 Å². The van der Waals surface area contributed by atoms with Crippen molar-refractivity contribution in [1.82, 2.24) is 14.7 Å². The molecule has 2 heterocycles. The van der Waals surface area contributed by atoms with Gasteiger partial charge in [-0.3, -0.25) is 9.58 Å². The molecule has 0 N–H and O–H groups in total. The van der Waals surface area contributed by atoms with Gasteiger partial charge in [-0.2, -0.15) is 5.10 Å². The summed E-state index contributed by atoms with van der Waals surface area (Å²) in [7, 11) is 0. The first kappa shape index (κ1) is 14.2. The van der Waals surface area contributed by atoms with Crippen molar-refractivity contribution in [2.45, 2.75) is 39.8 Å². The van der Waals surface area contributed by atoms with Crippen LogP contribution < -0.4 is 0 Å². The number of aryl methyl sites for hydroxylation is 2. The molecule has 0 bridgehead atoms. The van der Waals surface area contributed by atoms with Gasteiger partial charge in [-0.1, -0.05) is 18.5 Å². The molecule has 1 aromatic heterocycles. The van der Waals surface area contributed by atoms with E-state index in [4.69, 9.17) is 23.2 Å². The van der Waals surface area contributed by atoms with Gasteiger partial charge >= 0.3 is 0 Å². The van der Waals surface area contributed by atoms with Gasteiger partial charge in [0, 0.05) is 25.5 Å². The summed E-state index contributed by atoms with van der Waals surface area (Å²) in [5.41, 5.74) is 2.17. The molecule has 18 heavy (non-hydrogen) atoms. The zero-order valence-corrected chi connectivity index (χ0v) is 12.6. The molecule has 1 aliphatic rings. The maximum absolute atomic E-state index is 6.42. The minimum absolute atomic E-state index is 0.633. The summed E-state index contributed by atoms with van der Waals surface area (Å²) in [4.78, 5) is 2.43. The van der Waals surface area contributed by atoms with Gasteiger partial charge in [0.1, 0.15) is 0 Å². The lowest BCUT2D eigenvalue weighted by atomic mass is 10.2. The van der Waals surface area contributed by atoms with Crippen molar-refractivity contribution in [3.63, 3.8) is 0 Å². The first-order chi connectivity index (χ1) is 8.69. The van der Waals surface area contributed by atoms with E-state index >= 15 is 0 Å². The van der Waals surface area contributed by atoms with Crippen LogP contribution in [0.15, 0.2) is 0 Å². The number of rotatable bonds is 5. The van der Waals surface area contributed by atoms with E-state index in [2.05, 4.69) is 23.8 Å². The first-order valence-electron chi connectivity index (χ1n) is 6.71. The van der Waals surface area contributed by atoms with E-state index in [0.29, 0.717) is 5.92 Å². The summed E-state index contributed by atoms with van der Waals surface area (Å²) < 4.78 is 2.04. The largest absolute Gasteiger partial charge is 0.297 e. The molecule has 0 radical (unpaired) electrons. The molecule has 0 amide bonds. The molecule has 0 spiro atoms. The van der Waals surface area contributed by atoms with E-state index in [-0.39, 0.29) is 0 Å². The third kappa shape index (κ3) is 2.84. The molecular formula is C13H21Cl2N3. The Labute approximate surface area is 119 Å². The van der Waals surface area contributed by atoms with Crippen molar-refractivity contribution in [1.29, 1.82) is 0 Å². The van der Waals surface area contributed by atoms with E-state index in [0.717, 1.165) is 54.9 Å². The van der Waals surface area contributed by atoms with Gasteiger partial charge < -0.3 is 0 Å². The number of hydrogen-bond donors (Lipinski definition) is 0. The van der Waals surface area contributed by atoms with Crippen LogP contribution in [0.25, 0.3) is 0 Å². The second-order valence-corrected chi connectivity index (χ2v) is 5.61. The molecule has 1 unspecified atom stereocenters. The number of alkyl halides is 1. The SMILES string of the molecule is CCc1nn(CC)c(CN2CCC(CCl)C2)c1Cl. The fourth-order valence-electron chi connectivity index (χ4n) is 2.56. The summed E-state index contributed by atoms with van der Waals surface area (Å²) in [6, 6.07) is 0. The Hall–Kier alpha value is -0.250. The van der Waals surface area contributed by atoms with Crippen LogP contribution in [0.4, 0.5) is 0 Å². The molecule has 0 saturated carbocycles. The molecule has 1 atom stereocenters. The lowest BCUT2D eigenvalue weighted by Gasteiger charge is -2.16. The average molecular weight is 290 g/mol. The van der Waals surface area contributed by atoms with Crippen LogP contribution >= 0.6 is 23.2 Å². The molecule has 3 nitrogen and oxygen atoms in total. The smallest absolute Gasteiger partial charge is 0.0863 e. The van der Waals surface area contributed by atoms with E-state index < -0.39 is 0 Å². The summed E-state index contributed by atoms with van der Waals surface area (Å²) in [6.07, 6.45) is 2.09. The van der Waals surface area contributed by atoms with Crippen molar-refractivity contribution in [2.24, 2.45) is 5.92 Å². The highest BCUT2D eigenvalue weighted by molar-refractivity contribution is 6.31. The lowest BCUT2D eigenvalue weighted by Crippen LogP contribution is -2.22. The van der Waals surface area contributed by atoms with Crippen LogP contribution in [0.5, 0.6) is 0 Å². The summed E-state index contributed by atoms with van der Waals surface area (Å²) in [6.45, 7) is 8.17. The Bertz CT molecular complexity index is 403.